The van der Waals surface area contributed by atoms with Gasteiger partial charge in [-0.05, 0) is 56.4 Å². The monoisotopic (exact) mass is 363 g/mol. The molecule has 2 N–H and O–H groups in total. The molecule has 1 fully saturated rings. The molecule has 1 aliphatic rings. The van der Waals surface area contributed by atoms with Crippen molar-refractivity contribution in [2.24, 2.45) is 5.92 Å². The molecule has 3 aromatic rings. The van der Waals surface area contributed by atoms with Crippen LogP contribution in [0, 0.1) is 19.8 Å². The first kappa shape index (κ1) is 17.7. The highest BCUT2D eigenvalue weighted by Crippen LogP contribution is 2.25. The van der Waals surface area contributed by atoms with Crippen molar-refractivity contribution in [3.05, 3.63) is 48.2 Å². The molecular formula is C21H25N5O. The van der Waals surface area contributed by atoms with Crippen LogP contribution in [-0.4, -0.2) is 39.7 Å². The molecule has 4 heterocycles. The quantitative estimate of drug-likeness (QED) is 0.717. The second kappa shape index (κ2) is 7.88. The minimum atomic E-state index is 0.667. The first-order valence-corrected chi connectivity index (χ1v) is 9.46. The Hall–Kier alpha value is -2.73. The Labute approximate surface area is 159 Å². The van der Waals surface area contributed by atoms with Crippen LogP contribution >= 0.6 is 0 Å². The van der Waals surface area contributed by atoms with Crippen molar-refractivity contribution in [3.63, 3.8) is 0 Å². The minimum Gasteiger partial charge on any atom is -0.384 e. The molecule has 0 radical (unpaired) electrons. The molecule has 0 aromatic carbocycles. The van der Waals surface area contributed by atoms with E-state index in [-0.39, 0.29) is 0 Å². The normalized spacial score (nSPS) is 15.0. The summed E-state index contributed by atoms with van der Waals surface area (Å²) < 4.78 is 5.43. The summed E-state index contributed by atoms with van der Waals surface area (Å²) in [5.74, 6) is 1.47. The number of hydrogen-bond acceptors (Lipinski definition) is 5. The Morgan fingerprint density at radius 2 is 2.00 bits per heavy atom. The second-order valence-corrected chi connectivity index (χ2v) is 7.12. The number of aromatic amines is 1. The van der Waals surface area contributed by atoms with Crippen molar-refractivity contribution in [3.8, 4) is 22.6 Å². The fraction of sp³-hybridized carbons (Fsp3) is 0.381. The Morgan fingerprint density at radius 3 is 2.78 bits per heavy atom. The lowest BCUT2D eigenvalue weighted by molar-refractivity contribution is 0.0699. The van der Waals surface area contributed by atoms with Gasteiger partial charge in [-0.15, -0.1) is 0 Å². The van der Waals surface area contributed by atoms with E-state index in [0.29, 0.717) is 5.92 Å². The molecule has 1 saturated heterocycles. The topological polar surface area (TPSA) is 75.7 Å². The molecule has 0 amide bonds. The van der Waals surface area contributed by atoms with Crippen LogP contribution in [-0.2, 0) is 4.74 Å². The van der Waals surface area contributed by atoms with Crippen LogP contribution in [0.5, 0.6) is 0 Å². The molecule has 6 nitrogen and oxygen atoms in total. The maximum absolute atomic E-state index is 5.43. The summed E-state index contributed by atoms with van der Waals surface area (Å²) >= 11 is 0. The highest BCUT2D eigenvalue weighted by atomic mass is 16.5. The average Bonchev–Trinajstić information content (AvgIpc) is 3.06. The number of rotatable bonds is 5. The zero-order valence-electron chi connectivity index (χ0n) is 15.8. The van der Waals surface area contributed by atoms with Crippen LogP contribution in [0.1, 0.15) is 24.2 Å². The molecule has 0 atom stereocenters. The van der Waals surface area contributed by atoms with Gasteiger partial charge in [-0.2, -0.15) is 0 Å². The van der Waals surface area contributed by atoms with E-state index >= 15 is 0 Å². The average molecular weight is 363 g/mol. The predicted molar refractivity (Wildman–Crippen MR) is 107 cm³/mol. The molecule has 1 aliphatic heterocycles. The van der Waals surface area contributed by atoms with Gasteiger partial charge in [0.25, 0.3) is 0 Å². The number of hydrogen-bond donors (Lipinski definition) is 2. The molecule has 0 aliphatic carbocycles. The van der Waals surface area contributed by atoms with E-state index in [4.69, 9.17) is 4.74 Å². The van der Waals surface area contributed by atoms with E-state index in [9.17, 15) is 0 Å². The molecule has 0 unspecified atom stereocenters. The SMILES string of the molecule is Cc1nc(-c2cc(-c3cncc(NCC4CCOCC4)c3)ccn2)[nH]c1C. The van der Waals surface area contributed by atoms with Gasteiger partial charge in [-0.1, -0.05) is 0 Å². The Kier molecular flexibility index (Phi) is 5.16. The van der Waals surface area contributed by atoms with Gasteiger partial charge >= 0.3 is 0 Å². The van der Waals surface area contributed by atoms with Crippen molar-refractivity contribution in [2.45, 2.75) is 26.7 Å². The van der Waals surface area contributed by atoms with Gasteiger partial charge in [0.05, 0.1) is 11.4 Å². The fourth-order valence-corrected chi connectivity index (χ4v) is 3.32. The maximum Gasteiger partial charge on any atom is 0.156 e. The number of ether oxygens (including phenoxy) is 1. The standard InChI is InChI=1S/C21H25N5O/c1-14-15(2)26-21(25-14)20-10-17(3-6-23-20)18-9-19(13-22-12-18)24-11-16-4-7-27-8-5-16/h3,6,9-10,12-13,16,24H,4-5,7-8,11H2,1-2H3,(H,25,26). The highest BCUT2D eigenvalue weighted by Gasteiger charge is 2.13. The van der Waals surface area contributed by atoms with Crippen molar-refractivity contribution in [2.75, 3.05) is 25.1 Å². The third-order valence-electron chi connectivity index (χ3n) is 5.14. The Bertz CT molecular complexity index is 895. The van der Waals surface area contributed by atoms with Crippen molar-refractivity contribution in [1.82, 2.24) is 19.9 Å². The van der Waals surface area contributed by atoms with E-state index in [1.165, 1.54) is 0 Å². The molecule has 27 heavy (non-hydrogen) atoms. The molecule has 140 valence electrons. The lowest BCUT2D eigenvalue weighted by atomic mass is 10.0. The van der Waals surface area contributed by atoms with Gasteiger partial charge in [0, 0.05) is 49.6 Å². The molecule has 0 bridgehead atoms. The zero-order valence-corrected chi connectivity index (χ0v) is 15.8. The van der Waals surface area contributed by atoms with Crippen LogP contribution in [0.15, 0.2) is 36.8 Å². The molecule has 0 spiro atoms. The fourth-order valence-electron chi connectivity index (χ4n) is 3.32. The molecule has 4 rings (SSSR count). The zero-order chi connectivity index (χ0) is 18.6. The van der Waals surface area contributed by atoms with Gasteiger partial charge in [-0.25, -0.2) is 4.98 Å². The summed E-state index contributed by atoms with van der Waals surface area (Å²) in [6.07, 6.45) is 7.83. The number of nitrogens with one attached hydrogen (secondary N) is 2. The summed E-state index contributed by atoms with van der Waals surface area (Å²) in [5, 5.41) is 3.53. The lowest BCUT2D eigenvalue weighted by Crippen LogP contribution is -2.22. The first-order chi connectivity index (χ1) is 13.2. The lowest BCUT2D eigenvalue weighted by Gasteiger charge is -2.22. The minimum absolute atomic E-state index is 0.667. The van der Waals surface area contributed by atoms with E-state index in [0.717, 1.165) is 72.3 Å². The highest BCUT2D eigenvalue weighted by molar-refractivity contribution is 5.70. The molecule has 6 heteroatoms. The van der Waals surface area contributed by atoms with Crippen molar-refractivity contribution < 1.29 is 4.74 Å². The third kappa shape index (κ3) is 4.17. The maximum atomic E-state index is 5.43. The predicted octanol–water partition coefficient (Wildman–Crippen LogP) is 3.99. The van der Waals surface area contributed by atoms with Crippen molar-refractivity contribution in [1.29, 1.82) is 0 Å². The van der Waals surface area contributed by atoms with E-state index in [1.54, 1.807) is 0 Å². The van der Waals surface area contributed by atoms with Gasteiger partial charge in [0.1, 0.15) is 5.69 Å². The Morgan fingerprint density at radius 1 is 1.15 bits per heavy atom. The van der Waals surface area contributed by atoms with E-state index in [1.807, 2.05) is 38.5 Å². The number of H-pyrrole nitrogens is 1. The number of aryl methyl sites for hydroxylation is 2. The van der Waals surface area contributed by atoms with Crippen LogP contribution < -0.4 is 5.32 Å². The van der Waals surface area contributed by atoms with E-state index < -0.39 is 0 Å². The van der Waals surface area contributed by atoms with Crippen molar-refractivity contribution >= 4 is 5.69 Å². The smallest absolute Gasteiger partial charge is 0.156 e. The molecule has 0 saturated carbocycles. The number of imidazole rings is 1. The van der Waals surface area contributed by atoms with Gasteiger partial charge in [0.15, 0.2) is 5.82 Å². The van der Waals surface area contributed by atoms with Crippen LogP contribution in [0.3, 0.4) is 0 Å². The van der Waals surface area contributed by atoms with Gasteiger partial charge in [0.2, 0.25) is 0 Å². The summed E-state index contributed by atoms with van der Waals surface area (Å²) in [6, 6.07) is 6.20. The second-order valence-electron chi connectivity index (χ2n) is 7.12. The van der Waals surface area contributed by atoms with Crippen LogP contribution in [0.25, 0.3) is 22.6 Å². The Balaban J connectivity index is 1.52. The summed E-state index contributed by atoms with van der Waals surface area (Å²) in [4.78, 5) is 16.7. The summed E-state index contributed by atoms with van der Waals surface area (Å²) in [7, 11) is 0. The molecular weight excluding hydrogens is 338 g/mol. The van der Waals surface area contributed by atoms with Gasteiger partial charge < -0.3 is 15.0 Å². The number of pyridine rings is 2. The number of nitrogens with zero attached hydrogens (tertiary/aromatic N) is 3. The van der Waals surface area contributed by atoms with E-state index in [2.05, 4.69) is 37.4 Å². The number of aromatic nitrogens is 4. The summed E-state index contributed by atoms with van der Waals surface area (Å²) in [6.45, 7) is 6.72. The van der Waals surface area contributed by atoms with Crippen LogP contribution in [0.2, 0.25) is 0 Å². The third-order valence-corrected chi connectivity index (χ3v) is 5.14. The first-order valence-electron chi connectivity index (χ1n) is 9.46. The molecule has 3 aromatic heterocycles. The number of anilines is 1. The summed E-state index contributed by atoms with van der Waals surface area (Å²) in [5.41, 5.74) is 6.09. The largest absolute Gasteiger partial charge is 0.384 e. The van der Waals surface area contributed by atoms with Gasteiger partial charge in [-0.3, -0.25) is 9.97 Å². The van der Waals surface area contributed by atoms with Crippen LogP contribution in [0.4, 0.5) is 5.69 Å².